The van der Waals surface area contributed by atoms with Crippen molar-refractivity contribution in [2.24, 2.45) is 0 Å². The molecule has 0 rings (SSSR count). The van der Waals surface area contributed by atoms with Crippen LogP contribution in [0.15, 0.2) is 0 Å². The van der Waals surface area contributed by atoms with Crippen molar-refractivity contribution in [3.05, 3.63) is 0 Å². The van der Waals surface area contributed by atoms with E-state index in [0.717, 1.165) is 5.25 Å². The normalized spacial score (nSPS) is 12.4. The zero-order chi connectivity index (χ0) is 13.1. The summed E-state index contributed by atoms with van der Waals surface area (Å²) < 4.78 is 4.94. The molecule has 0 bridgehead atoms. The molecule has 0 amide bonds. The Hall–Kier alpha value is 1.15. The van der Waals surface area contributed by atoms with E-state index in [-0.39, 0.29) is 0 Å². The van der Waals surface area contributed by atoms with Crippen LogP contribution < -0.4 is 0 Å². The van der Waals surface area contributed by atoms with E-state index in [1.54, 1.807) is 13.3 Å². The van der Waals surface area contributed by atoms with Crippen molar-refractivity contribution < 1.29 is 0 Å². The number of hydrogen-bond donors (Lipinski definition) is 0. The van der Waals surface area contributed by atoms with E-state index in [1.165, 1.54) is 38.5 Å². The van der Waals surface area contributed by atoms with Crippen LogP contribution in [-0.2, 0) is 0 Å². The molecular weight excluding hydrogens is 331 g/mol. The molecular formula is C15H34SSn. The monoisotopic (exact) mass is 366 g/mol. The van der Waals surface area contributed by atoms with Crippen molar-refractivity contribution in [3.8, 4) is 0 Å². The van der Waals surface area contributed by atoms with Gasteiger partial charge < -0.3 is 0 Å². The Morgan fingerprint density at radius 3 is 1.35 bits per heavy atom. The van der Waals surface area contributed by atoms with Gasteiger partial charge in [0.1, 0.15) is 0 Å². The fourth-order valence-corrected chi connectivity index (χ4v) is 29.1. The molecule has 0 saturated heterocycles. The standard InChI is InChI=1S/3C4H9.C3H8S.Sn/c3*1-3-4-2;1-3(2)4;/h3*1,3-4H2,2H3;3-4H,1-2H3;/q;;;;+1/p-1. The SMILES string of the molecule is CCC[CH2][Sn]([CH2]CCC)([CH2]CCC)[S]C(C)C. The molecule has 0 aliphatic heterocycles. The number of unbranched alkanes of at least 4 members (excludes halogenated alkanes) is 3. The maximum atomic E-state index is 2.48. The van der Waals surface area contributed by atoms with Crippen molar-refractivity contribution in [3.63, 3.8) is 0 Å². The van der Waals surface area contributed by atoms with Crippen molar-refractivity contribution in [1.29, 1.82) is 0 Å². The van der Waals surface area contributed by atoms with Crippen molar-refractivity contribution in [2.75, 3.05) is 0 Å². The van der Waals surface area contributed by atoms with E-state index < -0.39 is 17.0 Å². The molecule has 0 nitrogen and oxygen atoms in total. The van der Waals surface area contributed by atoms with Gasteiger partial charge in [-0.1, -0.05) is 0 Å². The predicted molar refractivity (Wildman–Crippen MR) is 87.6 cm³/mol. The van der Waals surface area contributed by atoms with Crippen molar-refractivity contribution >= 4 is 25.9 Å². The summed E-state index contributed by atoms with van der Waals surface area (Å²) in [4.78, 5) is 0. The third-order valence-electron chi connectivity index (χ3n) is 3.44. The van der Waals surface area contributed by atoms with Crippen LogP contribution >= 0.6 is 8.95 Å². The molecule has 0 aromatic rings. The molecule has 0 aromatic carbocycles. The Kier molecular flexibility index (Phi) is 11.8. The summed E-state index contributed by atoms with van der Waals surface area (Å²) >= 11 is -1.82. The van der Waals surface area contributed by atoms with Crippen molar-refractivity contribution in [1.82, 2.24) is 0 Å². The second-order valence-electron chi connectivity index (χ2n) is 5.66. The summed E-state index contributed by atoms with van der Waals surface area (Å²) in [6.45, 7) is 11.9. The van der Waals surface area contributed by atoms with Crippen LogP contribution in [0, 0.1) is 0 Å². The summed E-state index contributed by atoms with van der Waals surface area (Å²) in [7, 11) is 2.48. The zero-order valence-corrected chi connectivity index (χ0v) is 16.5. The first-order chi connectivity index (χ1) is 8.10. The van der Waals surface area contributed by atoms with E-state index in [2.05, 4.69) is 43.6 Å². The molecule has 0 fully saturated rings. The van der Waals surface area contributed by atoms with E-state index in [9.17, 15) is 0 Å². The Morgan fingerprint density at radius 1 is 0.765 bits per heavy atom. The third kappa shape index (κ3) is 8.80. The fraction of sp³-hybridized carbons (Fsp3) is 1.00. The van der Waals surface area contributed by atoms with Gasteiger partial charge in [0.25, 0.3) is 0 Å². The second kappa shape index (κ2) is 11.0. The second-order valence-corrected chi connectivity index (χ2v) is 25.7. The van der Waals surface area contributed by atoms with E-state index >= 15 is 0 Å². The van der Waals surface area contributed by atoms with Crippen LogP contribution in [0.1, 0.15) is 73.1 Å². The van der Waals surface area contributed by atoms with Gasteiger partial charge in [-0.25, -0.2) is 0 Å². The molecule has 2 heteroatoms. The quantitative estimate of drug-likeness (QED) is 0.378. The molecule has 0 aromatic heterocycles. The Balaban J connectivity index is 4.51. The van der Waals surface area contributed by atoms with Gasteiger partial charge in [0.05, 0.1) is 0 Å². The average molecular weight is 365 g/mol. The topological polar surface area (TPSA) is 0 Å². The van der Waals surface area contributed by atoms with Gasteiger partial charge in [0.15, 0.2) is 0 Å². The van der Waals surface area contributed by atoms with Crippen LogP contribution in [0.25, 0.3) is 0 Å². The Labute approximate surface area is 117 Å². The summed E-state index contributed by atoms with van der Waals surface area (Å²) in [6.07, 6.45) is 8.70. The average Bonchev–Trinajstić information content (AvgIpc) is 2.30. The first-order valence-corrected chi connectivity index (χ1v) is 18.2. The van der Waals surface area contributed by atoms with Gasteiger partial charge in [0, 0.05) is 0 Å². The van der Waals surface area contributed by atoms with Gasteiger partial charge in [-0.15, -0.1) is 0 Å². The molecule has 0 saturated carbocycles. The molecule has 0 unspecified atom stereocenters. The first-order valence-electron chi connectivity index (χ1n) is 7.78. The van der Waals surface area contributed by atoms with Gasteiger partial charge >= 0.3 is 118 Å². The molecule has 0 aliphatic rings. The summed E-state index contributed by atoms with van der Waals surface area (Å²) in [6, 6.07) is 0. The summed E-state index contributed by atoms with van der Waals surface area (Å²) in [5.74, 6) is 0. The molecule has 0 heterocycles. The van der Waals surface area contributed by atoms with Gasteiger partial charge in [0.2, 0.25) is 0 Å². The summed E-state index contributed by atoms with van der Waals surface area (Å²) in [5, 5.41) is 0.872. The Bertz CT molecular complexity index is 147. The van der Waals surface area contributed by atoms with Crippen LogP contribution in [0.4, 0.5) is 0 Å². The fourth-order valence-electron chi connectivity index (χ4n) is 2.55. The molecule has 0 spiro atoms. The van der Waals surface area contributed by atoms with E-state index in [0.29, 0.717) is 0 Å². The van der Waals surface area contributed by atoms with Crippen molar-refractivity contribution in [2.45, 2.75) is 91.7 Å². The van der Waals surface area contributed by atoms with Gasteiger partial charge in [-0.2, -0.15) is 0 Å². The van der Waals surface area contributed by atoms with E-state index in [4.69, 9.17) is 0 Å². The minimum atomic E-state index is -1.82. The summed E-state index contributed by atoms with van der Waals surface area (Å²) in [5.41, 5.74) is 0. The molecule has 0 aliphatic carbocycles. The molecule has 0 atom stereocenters. The van der Waals surface area contributed by atoms with Crippen LogP contribution in [0.5, 0.6) is 0 Å². The van der Waals surface area contributed by atoms with Crippen LogP contribution in [-0.4, -0.2) is 22.2 Å². The van der Waals surface area contributed by atoms with Gasteiger partial charge in [-0.05, 0) is 0 Å². The first kappa shape index (κ1) is 18.1. The third-order valence-corrected chi connectivity index (χ3v) is 27.7. The van der Waals surface area contributed by atoms with Gasteiger partial charge in [-0.3, -0.25) is 0 Å². The molecule has 0 radical (unpaired) electrons. The maximum absolute atomic E-state index is 2.48. The van der Waals surface area contributed by atoms with Crippen LogP contribution in [0.3, 0.4) is 0 Å². The van der Waals surface area contributed by atoms with E-state index in [1.807, 2.05) is 0 Å². The predicted octanol–water partition coefficient (Wildman–Crippen LogP) is 6.47. The number of rotatable bonds is 11. The number of hydrogen-bond acceptors (Lipinski definition) is 1. The molecule has 17 heavy (non-hydrogen) atoms. The van der Waals surface area contributed by atoms with Crippen LogP contribution in [0.2, 0.25) is 13.3 Å². The molecule has 0 N–H and O–H groups in total. The zero-order valence-electron chi connectivity index (χ0n) is 12.8. The minimum absolute atomic E-state index is 0.872. The Morgan fingerprint density at radius 2 is 1.12 bits per heavy atom. The molecule has 104 valence electrons.